The fraction of sp³-hybridized carbons (Fsp3) is 0.840. The first kappa shape index (κ1) is 31.9. The maximum atomic E-state index is 12.4. The van der Waals surface area contributed by atoms with E-state index < -0.39 is 17.6 Å². The van der Waals surface area contributed by atoms with Crippen molar-refractivity contribution in [3.05, 3.63) is 0 Å². The molecule has 0 bridgehead atoms. The van der Waals surface area contributed by atoms with Crippen molar-refractivity contribution in [3.8, 4) is 0 Å². The quantitative estimate of drug-likeness (QED) is 0.141. The first-order valence-electron chi connectivity index (χ1n) is 13.1. The van der Waals surface area contributed by atoms with E-state index in [0.29, 0.717) is 39.3 Å². The molecule has 0 saturated carbocycles. The molecule has 13 nitrogen and oxygen atoms in total. The summed E-state index contributed by atoms with van der Waals surface area (Å²) in [6.45, 7) is 7.25. The standard InChI is InChI=1S/C25H44N4O9/c1-25(2,3)38-21(32)8-10-27-24(33)16(26)6-5-7-19(30)28-17-14-36-23-18(15-37-22(17)23)29-20(31)9-11-35-13-12-34-4/h16-18,22-23H,5-15,26H2,1-4H3,(H,27,33)(H,28,30)(H,29,31)/t16-,17-,18-,22+,23+/m0/s1. The normalized spacial score (nSPS) is 23.4. The molecule has 13 heteroatoms. The van der Waals surface area contributed by atoms with Crippen molar-refractivity contribution in [1.82, 2.24) is 16.0 Å². The van der Waals surface area contributed by atoms with Gasteiger partial charge in [0.05, 0.1) is 57.6 Å². The number of carbonyl (C=O) groups is 4. The number of carbonyl (C=O) groups excluding carboxylic acids is 4. The summed E-state index contributed by atoms with van der Waals surface area (Å²) in [6, 6.07) is -1.40. The lowest BCUT2D eigenvalue weighted by atomic mass is 10.1. The van der Waals surface area contributed by atoms with Gasteiger partial charge in [-0.3, -0.25) is 19.2 Å². The fourth-order valence-corrected chi connectivity index (χ4v) is 4.14. The van der Waals surface area contributed by atoms with Crippen molar-refractivity contribution >= 4 is 23.7 Å². The van der Waals surface area contributed by atoms with E-state index in [9.17, 15) is 19.2 Å². The topological polar surface area (TPSA) is 177 Å². The van der Waals surface area contributed by atoms with E-state index in [1.54, 1.807) is 27.9 Å². The molecule has 0 aromatic carbocycles. The largest absolute Gasteiger partial charge is 0.460 e. The van der Waals surface area contributed by atoms with E-state index in [2.05, 4.69) is 16.0 Å². The van der Waals surface area contributed by atoms with Crippen molar-refractivity contribution in [3.63, 3.8) is 0 Å². The number of hydrogen-bond acceptors (Lipinski definition) is 10. The second-order valence-electron chi connectivity index (χ2n) is 10.4. The minimum absolute atomic E-state index is 0.0552. The zero-order chi connectivity index (χ0) is 28.1. The summed E-state index contributed by atoms with van der Waals surface area (Å²) >= 11 is 0. The smallest absolute Gasteiger partial charge is 0.308 e. The zero-order valence-corrected chi connectivity index (χ0v) is 22.9. The van der Waals surface area contributed by atoms with Crippen molar-refractivity contribution in [2.24, 2.45) is 5.73 Å². The molecular weight excluding hydrogens is 500 g/mol. The van der Waals surface area contributed by atoms with Gasteiger partial charge in [0.25, 0.3) is 0 Å². The summed E-state index contributed by atoms with van der Waals surface area (Å²) in [7, 11) is 1.58. The highest BCUT2D eigenvalue weighted by molar-refractivity contribution is 5.82. The van der Waals surface area contributed by atoms with Gasteiger partial charge in [0.15, 0.2) is 0 Å². The number of esters is 1. The first-order valence-corrected chi connectivity index (χ1v) is 13.1. The Bertz CT molecular complexity index is 789. The van der Waals surface area contributed by atoms with Crippen LogP contribution in [-0.2, 0) is 42.9 Å². The summed E-state index contributed by atoms with van der Waals surface area (Å²) in [5, 5.41) is 8.45. The molecule has 2 saturated heterocycles. The third-order valence-electron chi connectivity index (χ3n) is 5.96. The Hall–Kier alpha value is -2.32. The number of fused-ring (bicyclic) bond motifs is 1. The number of amides is 3. The highest BCUT2D eigenvalue weighted by Gasteiger charge is 2.48. The molecule has 38 heavy (non-hydrogen) atoms. The van der Waals surface area contributed by atoms with Gasteiger partial charge in [0.1, 0.15) is 17.8 Å². The van der Waals surface area contributed by atoms with Crippen molar-refractivity contribution in [1.29, 1.82) is 0 Å². The second kappa shape index (κ2) is 15.9. The average Bonchev–Trinajstić information content (AvgIpc) is 3.40. The summed E-state index contributed by atoms with van der Waals surface area (Å²) in [5.74, 6) is -1.13. The minimum atomic E-state index is -0.784. The van der Waals surface area contributed by atoms with Crippen LogP contribution in [0.2, 0.25) is 0 Å². The van der Waals surface area contributed by atoms with Gasteiger partial charge in [0, 0.05) is 26.5 Å². The van der Waals surface area contributed by atoms with E-state index in [-0.39, 0.29) is 74.4 Å². The lowest BCUT2D eigenvalue weighted by Crippen LogP contribution is -2.47. The molecule has 0 radical (unpaired) electrons. The van der Waals surface area contributed by atoms with Gasteiger partial charge in [-0.05, 0) is 33.6 Å². The SMILES string of the molecule is COCCOCCC(=O)N[C@H]1CO[C@H]2[C@@H]1OC[C@@H]2NC(=O)CCC[C@H](N)C(=O)NCCC(=O)OC(C)(C)C. The minimum Gasteiger partial charge on any atom is -0.460 e. The van der Waals surface area contributed by atoms with Crippen LogP contribution >= 0.6 is 0 Å². The molecule has 0 aromatic heterocycles. The van der Waals surface area contributed by atoms with E-state index in [1.807, 2.05) is 0 Å². The van der Waals surface area contributed by atoms with Crippen LogP contribution in [0.3, 0.4) is 0 Å². The Balaban J connectivity index is 1.60. The van der Waals surface area contributed by atoms with Crippen LogP contribution in [-0.4, -0.2) is 106 Å². The van der Waals surface area contributed by atoms with Crippen LogP contribution < -0.4 is 21.7 Å². The molecule has 2 rings (SSSR count). The maximum Gasteiger partial charge on any atom is 0.308 e. The van der Waals surface area contributed by atoms with Crippen LogP contribution in [0.25, 0.3) is 0 Å². The molecule has 2 aliphatic heterocycles. The van der Waals surface area contributed by atoms with Crippen LogP contribution in [0.5, 0.6) is 0 Å². The molecule has 2 heterocycles. The molecule has 0 aliphatic carbocycles. The number of methoxy groups -OCH3 is 1. The number of ether oxygens (including phenoxy) is 5. The van der Waals surface area contributed by atoms with Gasteiger partial charge in [-0.25, -0.2) is 0 Å². The molecule has 0 unspecified atom stereocenters. The van der Waals surface area contributed by atoms with Crippen LogP contribution in [0, 0.1) is 0 Å². The van der Waals surface area contributed by atoms with E-state index in [0.717, 1.165) is 0 Å². The van der Waals surface area contributed by atoms with Gasteiger partial charge in [-0.15, -0.1) is 0 Å². The number of nitrogens with one attached hydrogen (secondary N) is 3. The molecule has 0 aromatic rings. The third-order valence-corrected chi connectivity index (χ3v) is 5.96. The predicted octanol–water partition coefficient (Wildman–Crippen LogP) is -0.848. The first-order chi connectivity index (χ1) is 18.0. The number of hydrogen-bond donors (Lipinski definition) is 4. The van der Waals surface area contributed by atoms with Gasteiger partial charge in [-0.2, -0.15) is 0 Å². The summed E-state index contributed by atoms with van der Waals surface area (Å²) in [4.78, 5) is 48.5. The fourth-order valence-electron chi connectivity index (χ4n) is 4.14. The Morgan fingerprint density at radius 2 is 1.53 bits per heavy atom. The Morgan fingerprint density at radius 3 is 2.11 bits per heavy atom. The zero-order valence-electron chi connectivity index (χ0n) is 22.9. The Kier molecular flexibility index (Phi) is 13.4. The van der Waals surface area contributed by atoms with Gasteiger partial charge < -0.3 is 45.4 Å². The molecule has 5 atom stereocenters. The molecular formula is C25H44N4O9. The molecule has 2 aliphatic rings. The highest BCUT2D eigenvalue weighted by atomic mass is 16.6. The summed E-state index contributed by atoms with van der Waals surface area (Å²) in [6.07, 6.45) is 0.521. The van der Waals surface area contributed by atoms with Crippen LogP contribution in [0.4, 0.5) is 0 Å². The highest BCUT2D eigenvalue weighted by Crippen LogP contribution is 2.27. The number of rotatable bonds is 16. The maximum absolute atomic E-state index is 12.4. The van der Waals surface area contributed by atoms with E-state index >= 15 is 0 Å². The molecule has 2 fully saturated rings. The van der Waals surface area contributed by atoms with Crippen molar-refractivity contribution in [2.45, 2.75) is 88.8 Å². The third kappa shape index (κ3) is 11.6. The summed E-state index contributed by atoms with van der Waals surface area (Å²) in [5.41, 5.74) is 5.34. The lowest BCUT2D eigenvalue weighted by molar-refractivity contribution is -0.154. The Morgan fingerprint density at radius 1 is 0.921 bits per heavy atom. The predicted molar refractivity (Wildman–Crippen MR) is 136 cm³/mol. The van der Waals surface area contributed by atoms with Crippen LogP contribution in [0.15, 0.2) is 0 Å². The van der Waals surface area contributed by atoms with Gasteiger partial charge in [-0.1, -0.05) is 0 Å². The van der Waals surface area contributed by atoms with Gasteiger partial charge >= 0.3 is 5.97 Å². The van der Waals surface area contributed by atoms with E-state index in [1.165, 1.54) is 0 Å². The van der Waals surface area contributed by atoms with Crippen molar-refractivity contribution in [2.75, 3.05) is 46.7 Å². The molecule has 0 spiro atoms. The number of nitrogens with two attached hydrogens (primary N) is 1. The monoisotopic (exact) mass is 544 g/mol. The summed E-state index contributed by atoms with van der Waals surface area (Å²) < 4.78 is 27.0. The van der Waals surface area contributed by atoms with Crippen molar-refractivity contribution < 1.29 is 42.9 Å². The Labute approximate surface area is 224 Å². The van der Waals surface area contributed by atoms with E-state index in [4.69, 9.17) is 29.4 Å². The van der Waals surface area contributed by atoms with Gasteiger partial charge in [0.2, 0.25) is 17.7 Å². The second-order valence-corrected chi connectivity index (χ2v) is 10.4. The molecule has 5 N–H and O–H groups in total. The lowest BCUT2D eigenvalue weighted by Gasteiger charge is -2.19. The van der Waals surface area contributed by atoms with Crippen LogP contribution in [0.1, 0.15) is 52.9 Å². The molecule has 3 amide bonds. The molecule has 218 valence electrons. The average molecular weight is 545 g/mol.